The molecule has 0 saturated heterocycles. The molecule has 9 heteroatoms. The molecular weight excluding hydrogens is 473 g/mol. The van der Waals surface area contributed by atoms with Gasteiger partial charge in [0.15, 0.2) is 0 Å². The minimum Gasteiger partial charge on any atom is -0.465 e. The molecule has 2 N–H and O–H groups in total. The highest BCUT2D eigenvalue weighted by Gasteiger charge is 2.23. The fourth-order valence-electron chi connectivity index (χ4n) is 3.51. The summed E-state index contributed by atoms with van der Waals surface area (Å²) in [4.78, 5) is 29.8. The van der Waals surface area contributed by atoms with Crippen LogP contribution in [-0.2, 0) is 11.8 Å². The van der Waals surface area contributed by atoms with E-state index >= 15 is 0 Å². The number of ether oxygens (including phenoxy) is 1. The maximum Gasteiger partial charge on any atom is 0.345 e. The number of aryl methyl sites for hydroxylation is 1. The van der Waals surface area contributed by atoms with Crippen LogP contribution in [0.1, 0.15) is 10.4 Å². The van der Waals surface area contributed by atoms with Crippen LogP contribution >= 0.6 is 34.8 Å². The lowest BCUT2D eigenvalue weighted by atomic mass is 9.97. The summed E-state index contributed by atoms with van der Waals surface area (Å²) >= 11 is 18.6. The molecule has 0 aliphatic heterocycles. The predicted molar refractivity (Wildman–Crippen MR) is 129 cm³/mol. The van der Waals surface area contributed by atoms with Crippen molar-refractivity contribution in [2.45, 2.75) is 0 Å². The van der Waals surface area contributed by atoms with Crippen LogP contribution in [-0.4, -0.2) is 22.6 Å². The van der Waals surface area contributed by atoms with Gasteiger partial charge in [0.25, 0.3) is 5.56 Å². The first-order chi connectivity index (χ1) is 15.2. The quantitative estimate of drug-likeness (QED) is 0.379. The van der Waals surface area contributed by atoms with Crippen LogP contribution < -0.4 is 11.3 Å². The Hall–Kier alpha value is -3.06. The first-order valence-electron chi connectivity index (χ1n) is 9.35. The second-order valence-corrected chi connectivity index (χ2v) is 8.31. The van der Waals surface area contributed by atoms with Crippen molar-refractivity contribution < 1.29 is 9.53 Å². The zero-order chi connectivity index (χ0) is 23.2. The number of benzene rings is 2. The molecule has 162 valence electrons. The number of hydrogen-bond acceptors (Lipinski definition) is 5. The Kier molecular flexibility index (Phi) is 5.86. The number of carbonyl (C=O) groups excluding carboxylic acids is 1. The Morgan fingerprint density at radius 2 is 1.66 bits per heavy atom. The van der Waals surface area contributed by atoms with Crippen molar-refractivity contribution in [3.05, 3.63) is 79.5 Å². The maximum atomic E-state index is 12.8. The molecule has 0 aliphatic rings. The molecule has 0 radical (unpaired) electrons. The number of halogens is 3. The molecule has 2 aromatic heterocycles. The minimum atomic E-state index is -0.817. The van der Waals surface area contributed by atoms with Crippen LogP contribution in [0.4, 0.5) is 5.69 Å². The van der Waals surface area contributed by atoms with Gasteiger partial charge >= 0.3 is 5.97 Å². The van der Waals surface area contributed by atoms with Crippen molar-refractivity contribution in [2.75, 3.05) is 12.8 Å². The van der Waals surface area contributed by atoms with Crippen molar-refractivity contribution in [3.63, 3.8) is 0 Å². The highest BCUT2D eigenvalue weighted by atomic mass is 35.5. The SMILES string of the molecule is COC(=O)c1c(N)c2cc(-c3ccc(Cl)cc3)c(-c3ccc(Cl)cc3Cl)nc2n(C)c1=O. The number of carbonyl (C=O) groups is 1. The fourth-order valence-corrected chi connectivity index (χ4v) is 4.13. The van der Waals surface area contributed by atoms with E-state index in [4.69, 9.17) is 50.3 Å². The number of nitrogen functional groups attached to an aromatic ring is 1. The Bertz CT molecular complexity index is 1450. The first-order valence-corrected chi connectivity index (χ1v) is 10.5. The molecule has 4 rings (SSSR count). The number of esters is 1. The zero-order valence-electron chi connectivity index (χ0n) is 16.9. The van der Waals surface area contributed by atoms with Crippen molar-refractivity contribution in [1.29, 1.82) is 0 Å². The standard InChI is InChI=1S/C23H16Cl3N3O3/c1-29-21-16(19(27)18(22(29)30)23(31)32-2)10-15(11-3-5-12(24)6-4-11)20(28-21)14-8-7-13(25)9-17(14)26/h3-10H,27H2,1-2H3. The number of nitrogens with zero attached hydrogens (tertiary/aromatic N) is 2. The van der Waals surface area contributed by atoms with Crippen molar-refractivity contribution in [2.24, 2.45) is 7.05 Å². The van der Waals surface area contributed by atoms with Gasteiger partial charge < -0.3 is 10.5 Å². The molecular formula is C23H16Cl3N3O3. The number of anilines is 1. The van der Waals surface area contributed by atoms with Gasteiger partial charge in [-0.1, -0.05) is 46.9 Å². The second-order valence-electron chi connectivity index (χ2n) is 7.03. The van der Waals surface area contributed by atoms with Gasteiger partial charge in [-0.25, -0.2) is 9.78 Å². The second kappa shape index (κ2) is 8.47. The summed E-state index contributed by atoms with van der Waals surface area (Å²) in [7, 11) is 2.70. The van der Waals surface area contributed by atoms with Gasteiger partial charge in [-0.05, 0) is 42.0 Å². The third-order valence-corrected chi connectivity index (χ3v) is 5.93. The third-order valence-electron chi connectivity index (χ3n) is 5.13. The minimum absolute atomic E-state index is 0.00795. The average Bonchev–Trinajstić information content (AvgIpc) is 2.77. The first kappa shape index (κ1) is 22.1. The molecule has 32 heavy (non-hydrogen) atoms. The van der Waals surface area contributed by atoms with Crippen LogP contribution in [0.25, 0.3) is 33.4 Å². The number of pyridine rings is 2. The summed E-state index contributed by atoms with van der Waals surface area (Å²) in [5.74, 6) is -0.817. The Morgan fingerprint density at radius 1 is 1.00 bits per heavy atom. The van der Waals surface area contributed by atoms with E-state index in [9.17, 15) is 9.59 Å². The molecule has 4 aromatic rings. The molecule has 2 heterocycles. The molecule has 0 fully saturated rings. The normalized spacial score (nSPS) is 11.0. The lowest BCUT2D eigenvalue weighted by Crippen LogP contribution is -2.28. The molecule has 0 aliphatic carbocycles. The smallest absolute Gasteiger partial charge is 0.345 e. The van der Waals surface area contributed by atoms with Gasteiger partial charge in [-0.3, -0.25) is 9.36 Å². The Morgan fingerprint density at radius 3 is 2.28 bits per heavy atom. The highest BCUT2D eigenvalue weighted by Crippen LogP contribution is 2.39. The predicted octanol–water partition coefficient (Wildman–Crippen LogP) is 5.60. The number of aromatic nitrogens is 2. The van der Waals surface area contributed by atoms with Crippen molar-refractivity contribution in [3.8, 4) is 22.4 Å². The van der Waals surface area contributed by atoms with Crippen molar-refractivity contribution >= 4 is 57.5 Å². The van der Waals surface area contributed by atoms with Gasteiger partial charge in [0.1, 0.15) is 11.2 Å². The summed E-state index contributed by atoms with van der Waals surface area (Å²) < 4.78 is 6.01. The monoisotopic (exact) mass is 487 g/mol. The molecule has 2 aromatic carbocycles. The van der Waals surface area contributed by atoms with Gasteiger partial charge in [0.05, 0.1) is 23.5 Å². The molecule has 0 amide bonds. The average molecular weight is 489 g/mol. The number of fused-ring (bicyclic) bond motifs is 1. The Balaban J connectivity index is 2.15. The van der Waals surface area contributed by atoms with E-state index in [-0.39, 0.29) is 11.3 Å². The summed E-state index contributed by atoms with van der Waals surface area (Å²) in [6.07, 6.45) is 0. The summed E-state index contributed by atoms with van der Waals surface area (Å²) in [5, 5.41) is 1.87. The molecule has 0 bridgehead atoms. The number of nitrogens with two attached hydrogens (primary N) is 1. The molecule has 0 saturated carbocycles. The topological polar surface area (TPSA) is 87.2 Å². The van der Waals surface area contributed by atoms with Crippen LogP contribution in [0.5, 0.6) is 0 Å². The number of rotatable bonds is 3. The van der Waals surface area contributed by atoms with E-state index in [1.54, 1.807) is 36.4 Å². The number of hydrogen-bond donors (Lipinski definition) is 1. The molecule has 6 nitrogen and oxygen atoms in total. The largest absolute Gasteiger partial charge is 0.465 e. The van der Waals surface area contributed by atoms with Crippen LogP contribution in [0.3, 0.4) is 0 Å². The van der Waals surface area contributed by atoms with Crippen molar-refractivity contribution in [1.82, 2.24) is 9.55 Å². The fraction of sp³-hybridized carbons (Fsp3) is 0.0870. The van der Waals surface area contributed by atoms with Gasteiger partial charge in [0, 0.05) is 33.6 Å². The van der Waals surface area contributed by atoms with Gasteiger partial charge in [0.2, 0.25) is 0 Å². The van der Waals surface area contributed by atoms with Crippen LogP contribution in [0.15, 0.2) is 53.3 Å². The molecule has 0 atom stereocenters. The highest BCUT2D eigenvalue weighted by molar-refractivity contribution is 6.36. The maximum absolute atomic E-state index is 12.8. The van der Waals surface area contributed by atoms with Gasteiger partial charge in [-0.2, -0.15) is 0 Å². The Labute approximate surface area is 198 Å². The van der Waals surface area contributed by atoms with E-state index in [2.05, 4.69) is 0 Å². The van der Waals surface area contributed by atoms with E-state index in [1.165, 1.54) is 18.7 Å². The zero-order valence-corrected chi connectivity index (χ0v) is 19.2. The lowest BCUT2D eigenvalue weighted by Gasteiger charge is -2.16. The van der Waals surface area contributed by atoms with Gasteiger partial charge in [-0.15, -0.1) is 0 Å². The molecule has 0 spiro atoms. The van der Waals surface area contributed by atoms with E-state index < -0.39 is 11.5 Å². The summed E-state index contributed by atoms with van der Waals surface area (Å²) in [5.41, 5.74) is 8.28. The third kappa shape index (κ3) is 3.71. The van der Waals surface area contributed by atoms with E-state index in [0.29, 0.717) is 42.9 Å². The number of methoxy groups -OCH3 is 1. The summed E-state index contributed by atoms with van der Waals surface area (Å²) in [6, 6.07) is 14.0. The lowest BCUT2D eigenvalue weighted by molar-refractivity contribution is 0.0599. The molecule has 0 unspecified atom stereocenters. The van der Waals surface area contributed by atoms with E-state index in [1.807, 2.05) is 12.1 Å². The van der Waals surface area contributed by atoms with Crippen LogP contribution in [0, 0.1) is 0 Å². The van der Waals surface area contributed by atoms with E-state index in [0.717, 1.165) is 5.56 Å². The summed E-state index contributed by atoms with van der Waals surface area (Å²) in [6.45, 7) is 0. The van der Waals surface area contributed by atoms with Crippen LogP contribution in [0.2, 0.25) is 15.1 Å².